The molecule has 2 N–H and O–H groups in total. The number of carboxylic acid groups (broad SMARTS) is 1. The molecule has 9 nitrogen and oxygen atoms in total. The number of aryl methyl sites for hydroxylation is 1. The Morgan fingerprint density at radius 2 is 1.57 bits per heavy atom. The lowest BCUT2D eigenvalue weighted by Gasteiger charge is -2.20. The van der Waals surface area contributed by atoms with Gasteiger partial charge in [-0.1, -0.05) is 29.5 Å². The number of sulfone groups is 1. The fourth-order valence-electron chi connectivity index (χ4n) is 3.67. The number of aliphatic carboxylic acids is 1. The molecule has 4 aromatic rings. The molecule has 0 unspecified atom stereocenters. The third kappa shape index (κ3) is 4.96. The molecule has 0 saturated heterocycles. The smallest absolute Gasteiger partial charge is 0.309 e. The first kappa shape index (κ1) is 24.2. The zero-order valence-electron chi connectivity index (χ0n) is 18.2. The van der Waals surface area contributed by atoms with Crippen molar-refractivity contribution >= 4 is 26.7 Å². The van der Waals surface area contributed by atoms with E-state index in [9.17, 15) is 32.6 Å². The van der Waals surface area contributed by atoms with Gasteiger partial charge in [0.1, 0.15) is 11.3 Å². The highest BCUT2D eigenvalue weighted by atomic mass is 32.2. The van der Waals surface area contributed by atoms with Crippen LogP contribution in [0.1, 0.15) is 18.1 Å². The van der Waals surface area contributed by atoms with Crippen molar-refractivity contribution in [2.75, 3.05) is 0 Å². The quantitative estimate of drug-likeness (QED) is 0.354. The molecule has 11 heteroatoms. The number of aliphatic hydroxyl groups excluding tert-OH is 1. The zero-order valence-corrected chi connectivity index (χ0v) is 19.0. The summed E-state index contributed by atoms with van der Waals surface area (Å²) in [4.78, 5) is 24.3. The van der Waals surface area contributed by atoms with Gasteiger partial charge in [0.2, 0.25) is 9.84 Å². The maximum atomic E-state index is 13.1. The number of fused-ring (bicyclic) bond motifs is 1. The van der Waals surface area contributed by atoms with Gasteiger partial charge < -0.3 is 10.2 Å². The van der Waals surface area contributed by atoms with E-state index >= 15 is 0 Å². The number of aromatic nitrogens is 3. The third-order valence-electron chi connectivity index (χ3n) is 5.64. The minimum Gasteiger partial charge on any atom is -0.481 e. The molecular weight excluding hydrogens is 477 g/mol. The summed E-state index contributed by atoms with van der Waals surface area (Å²) >= 11 is 0. The summed E-state index contributed by atoms with van der Waals surface area (Å²) in [6.07, 6.45) is -1.60. The van der Waals surface area contributed by atoms with E-state index in [1.165, 1.54) is 24.3 Å². The van der Waals surface area contributed by atoms with E-state index in [0.717, 1.165) is 28.9 Å². The molecule has 0 aliphatic rings. The minimum absolute atomic E-state index is 0.0927. The molecule has 0 aliphatic heterocycles. The van der Waals surface area contributed by atoms with Crippen molar-refractivity contribution in [3.8, 4) is 0 Å². The largest absolute Gasteiger partial charge is 0.481 e. The molecule has 180 valence electrons. The fraction of sp³-hybridized carbons (Fsp3) is 0.167. The topological polar surface area (TPSA) is 139 Å². The van der Waals surface area contributed by atoms with Crippen LogP contribution in [0.15, 0.2) is 87.4 Å². The molecule has 35 heavy (non-hydrogen) atoms. The van der Waals surface area contributed by atoms with E-state index in [-0.39, 0.29) is 28.3 Å². The number of carbonyl (C=O) groups is 1. The summed E-state index contributed by atoms with van der Waals surface area (Å²) < 4.78 is 39.6. The first-order valence-electron chi connectivity index (χ1n) is 10.5. The van der Waals surface area contributed by atoms with Crippen LogP contribution in [-0.2, 0) is 21.2 Å². The monoisotopic (exact) mass is 497 g/mol. The molecule has 3 aromatic carbocycles. The number of rotatable bonds is 8. The Balaban J connectivity index is 1.53. The summed E-state index contributed by atoms with van der Waals surface area (Å²) in [5.41, 5.74) is 0.177. The highest BCUT2D eigenvalue weighted by molar-refractivity contribution is 7.91. The van der Waals surface area contributed by atoms with Gasteiger partial charge in [-0.3, -0.25) is 9.59 Å². The average molecular weight is 498 g/mol. The molecule has 0 spiro atoms. The number of nitrogens with zero attached hydrogens (tertiary/aromatic N) is 3. The van der Waals surface area contributed by atoms with Crippen molar-refractivity contribution in [3.05, 3.63) is 94.5 Å². The Hall–Kier alpha value is -3.96. The average Bonchev–Trinajstić information content (AvgIpc) is 2.85. The Kier molecular flexibility index (Phi) is 6.72. The highest BCUT2D eigenvalue weighted by Crippen LogP contribution is 2.28. The van der Waals surface area contributed by atoms with E-state index < -0.39 is 39.2 Å². The van der Waals surface area contributed by atoms with E-state index in [1.807, 2.05) is 0 Å². The fourth-order valence-corrected chi connectivity index (χ4v) is 4.93. The van der Waals surface area contributed by atoms with Gasteiger partial charge in [0.15, 0.2) is 0 Å². The standard InChI is InChI=1S/C24H20FN3O6S/c25-16-7-11-18(12-8-16)35(33,34)17-9-5-15(6-10-17)22(29)20(24(31)32)13-14-28-23(30)19-3-1-2-4-21(19)26-27-28/h1-12,20,22,29H,13-14H2,(H,31,32)/t20-,22+/m0/s1. The number of hydrogen-bond donors (Lipinski definition) is 2. The Morgan fingerprint density at radius 3 is 2.20 bits per heavy atom. The Morgan fingerprint density at radius 1 is 0.971 bits per heavy atom. The minimum atomic E-state index is -3.92. The molecule has 1 aromatic heterocycles. The van der Waals surface area contributed by atoms with Crippen molar-refractivity contribution in [1.29, 1.82) is 0 Å². The normalized spacial score (nSPS) is 13.4. The van der Waals surface area contributed by atoms with Crippen molar-refractivity contribution in [2.24, 2.45) is 5.92 Å². The van der Waals surface area contributed by atoms with Gasteiger partial charge >= 0.3 is 5.97 Å². The van der Waals surface area contributed by atoms with Gasteiger partial charge in [-0.15, -0.1) is 5.10 Å². The maximum absolute atomic E-state index is 13.1. The summed E-state index contributed by atoms with van der Waals surface area (Å²) in [7, 11) is -3.92. The molecule has 0 fully saturated rings. The van der Waals surface area contributed by atoms with E-state index in [4.69, 9.17) is 0 Å². The lowest BCUT2D eigenvalue weighted by atomic mass is 9.93. The van der Waals surface area contributed by atoms with Gasteiger partial charge in [-0.05, 0) is 60.5 Å². The second kappa shape index (κ2) is 9.72. The van der Waals surface area contributed by atoms with Crippen LogP contribution in [0, 0.1) is 11.7 Å². The lowest BCUT2D eigenvalue weighted by molar-refractivity contribution is -0.146. The van der Waals surface area contributed by atoms with Gasteiger partial charge in [-0.2, -0.15) is 0 Å². The SMILES string of the molecule is O=C(O)[C@@H](CCn1nnc2ccccc2c1=O)[C@H](O)c1ccc(S(=O)(=O)c2ccc(F)cc2)cc1. The van der Waals surface area contributed by atoms with Crippen molar-refractivity contribution in [2.45, 2.75) is 28.9 Å². The Labute approximate surface area is 199 Å². The van der Waals surface area contributed by atoms with Gasteiger partial charge in [0.05, 0.1) is 27.2 Å². The van der Waals surface area contributed by atoms with E-state index in [0.29, 0.717) is 10.9 Å². The molecule has 0 bridgehead atoms. The molecule has 0 amide bonds. The molecule has 2 atom stereocenters. The van der Waals surface area contributed by atoms with Gasteiger partial charge in [0, 0.05) is 6.54 Å². The van der Waals surface area contributed by atoms with Crippen molar-refractivity contribution in [3.63, 3.8) is 0 Å². The molecule has 0 radical (unpaired) electrons. The molecule has 0 aliphatic carbocycles. The van der Waals surface area contributed by atoms with Crippen LogP contribution < -0.4 is 5.56 Å². The molecule has 1 heterocycles. The molecular formula is C24H20FN3O6S. The summed E-state index contributed by atoms with van der Waals surface area (Å²) in [6.45, 7) is -0.0955. The van der Waals surface area contributed by atoms with Crippen LogP contribution in [0.2, 0.25) is 0 Å². The number of halogens is 1. The van der Waals surface area contributed by atoms with Crippen molar-refractivity contribution in [1.82, 2.24) is 15.0 Å². The second-order valence-electron chi connectivity index (χ2n) is 7.84. The van der Waals surface area contributed by atoms with E-state index in [1.54, 1.807) is 24.3 Å². The number of hydrogen-bond acceptors (Lipinski definition) is 7. The summed E-state index contributed by atoms with van der Waals surface area (Å²) in [5, 5.41) is 28.5. The summed E-state index contributed by atoms with van der Waals surface area (Å²) in [6, 6.07) is 16.1. The van der Waals surface area contributed by atoms with Crippen LogP contribution in [0.5, 0.6) is 0 Å². The van der Waals surface area contributed by atoms with Crippen LogP contribution in [0.4, 0.5) is 4.39 Å². The zero-order chi connectivity index (χ0) is 25.2. The molecule has 4 rings (SSSR count). The lowest BCUT2D eigenvalue weighted by Crippen LogP contribution is -2.29. The molecule has 0 saturated carbocycles. The summed E-state index contributed by atoms with van der Waals surface area (Å²) in [5.74, 6) is -3.16. The first-order chi connectivity index (χ1) is 16.7. The highest BCUT2D eigenvalue weighted by Gasteiger charge is 2.29. The van der Waals surface area contributed by atoms with Crippen LogP contribution in [0.3, 0.4) is 0 Å². The predicted octanol–water partition coefficient (Wildman–Crippen LogP) is 2.59. The third-order valence-corrected chi connectivity index (χ3v) is 7.42. The predicted molar refractivity (Wildman–Crippen MR) is 123 cm³/mol. The van der Waals surface area contributed by atoms with Gasteiger partial charge in [0.25, 0.3) is 5.56 Å². The van der Waals surface area contributed by atoms with E-state index in [2.05, 4.69) is 10.3 Å². The number of benzene rings is 3. The first-order valence-corrected chi connectivity index (χ1v) is 12.0. The number of aliphatic hydroxyl groups is 1. The van der Waals surface area contributed by atoms with Crippen molar-refractivity contribution < 1.29 is 27.8 Å². The van der Waals surface area contributed by atoms with Crippen LogP contribution >= 0.6 is 0 Å². The number of carboxylic acids is 1. The van der Waals surface area contributed by atoms with Crippen LogP contribution in [-0.4, -0.2) is 39.6 Å². The Bertz CT molecular complexity index is 1540. The maximum Gasteiger partial charge on any atom is 0.309 e. The van der Waals surface area contributed by atoms with Crippen LogP contribution in [0.25, 0.3) is 10.9 Å². The second-order valence-corrected chi connectivity index (χ2v) is 9.79. The van der Waals surface area contributed by atoms with Gasteiger partial charge in [-0.25, -0.2) is 17.5 Å².